The van der Waals surface area contributed by atoms with E-state index in [1.54, 1.807) is 11.0 Å². The quantitative estimate of drug-likeness (QED) is 0.870. The summed E-state index contributed by atoms with van der Waals surface area (Å²) in [5.74, 6) is 1.01. The molecule has 5 nitrogen and oxygen atoms in total. The lowest BCUT2D eigenvalue weighted by Gasteiger charge is -2.34. The van der Waals surface area contributed by atoms with Crippen molar-refractivity contribution in [2.75, 3.05) is 13.1 Å². The van der Waals surface area contributed by atoms with Crippen LogP contribution in [-0.4, -0.2) is 36.1 Å². The zero-order valence-electron chi connectivity index (χ0n) is 13.4. The van der Waals surface area contributed by atoms with Crippen molar-refractivity contribution in [1.82, 2.24) is 4.90 Å². The summed E-state index contributed by atoms with van der Waals surface area (Å²) in [5, 5.41) is 0. The molecule has 1 aromatic heterocycles. The minimum Gasteiger partial charge on any atom is -0.489 e. The molecule has 1 aliphatic heterocycles. The Hall–Kier alpha value is -2.27. The fourth-order valence-electron chi connectivity index (χ4n) is 2.80. The summed E-state index contributed by atoms with van der Waals surface area (Å²) in [6.07, 6.45) is 1.59. The Morgan fingerprint density at radius 1 is 1.17 bits per heavy atom. The minimum absolute atomic E-state index is 0.0293. The van der Waals surface area contributed by atoms with E-state index in [4.69, 9.17) is 13.9 Å². The van der Waals surface area contributed by atoms with Gasteiger partial charge in [0.05, 0.1) is 18.5 Å². The first kappa shape index (κ1) is 15.6. The van der Waals surface area contributed by atoms with Crippen molar-refractivity contribution in [3.05, 3.63) is 54.0 Å². The molecule has 1 fully saturated rings. The third-order valence-corrected chi connectivity index (χ3v) is 3.79. The zero-order valence-corrected chi connectivity index (χ0v) is 13.4. The van der Waals surface area contributed by atoms with Gasteiger partial charge < -0.3 is 18.8 Å². The van der Waals surface area contributed by atoms with Crippen LogP contribution < -0.4 is 4.74 Å². The predicted octanol–water partition coefficient (Wildman–Crippen LogP) is 3.11. The standard InChI is InChI=1S/C18H21NO4/c1-13-10-19(11-14(2)23-13)18(20)17-15(8-9-21-17)12-22-16-6-4-3-5-7-16/h3-9,13-14H,10-12H2,1-2H3. The fraction of sp³-hybridized carbons (Fsp3) is 0.389. The van der Waals surface area contributed by atoms with Gasteiger partial charge in [0.15, 0.2) is 5.76 Å². The van der Waals surface area contributed by atoms with E-state index in [2.05, 4.69) is 0 Å². The lowest BCUT2D eigenvalue weighted by molar-refractivity contribution is -0.0592. The number of hydrogen-bond acceptors (Lipinski definition) is 4. The maximum atomic E-state index is 12.7. The molecule has 2 unspecified atom stereocenters. The van der Waals surface area contributed by atoms with Gasteiger partial charge >= 0.3 is 0 Å². The smallest absolute Gasteiger partial charge is 0.290 e. The maximum Gasteiger partial charge on any atom is 0.290 e. The molecule has 2 atom stereocenters. The summed E-state index contributed by atoms with van der Waals surface area (Å²) in [4.78, 5) is 14.5. The van der Waals surface area contributed by atoms with Gasteiger partial charge in [-0.25, -0.2) is 0 Å². The van der Waals surface area contributed by atoms with Gasteiger partial charge in [-0.2, -0.15) is 0 Å². The Morgan fingerprint density at radius 3 is 2.57 bits per heavy atom. The second-order valence-corrected chi connectivity index (χ2v) is 5.84. The molecule has 1 aromatic carbocycles. The van der Waals surface area contributed by atoms with Crippen molar-refractivity contribution in [2.45, 2.75) is 32.7 Å². The molecule has 0 spiro atoms. The molecule has 2 heterocycles. The van der Waals surface area contributed by atoms with E-state index >= 15 is 0 Å². The van der Waals surface area contributed by atoms with Crippen molar-refractivity contribution in [3.8, 4) is 5.75 Å². The molecule has 2 aromatic rings. The molecule has 23 heavy (non-hydrogen) atoms. The third-order valence-electron chi connectivity index (χ3n) is 3.79. The number of benzene rings is 1. The Balaban J connectivity index is 1.69. The van der Waals surface area contributed by atoms with Crippen molar-refractivity contribution in [3.63, 3.8) is 0 Å². The number of rotatable bonds is 4. The van der Waals surface area contributed by atoms with Crippen LogP contribution in [0, 0.1) is 0 Å². The largest absolute Gasteiger partial charge is 0.489 e. The van der Waals surface area contributed by atoms with Crippen molar-refractivity contribution < 1.29 is 18.7 Å². The monoisotopic (exact) mass is 315 g/mol. The van der Waals surface area contributed by atoms with Crippen LogP contribution in [0.2, 0.25) is 0 Å². The highest BCUT2D eigenvalue weighted by atomic mass is 16.5. The minimum atomic E-state index is -0.108. The number of nitrogens with zero attached hydrogens (tertiary/aromatic N) is 1. The van der Waals surface area contributed by atoms with Gasteiger partial charge in [0, 0.05) is 18.7 Å². The van der Waals surface area contributed by atoms with Gasteiger partial charge in [0.25, 0.3) is 5.91 Å². The summed E-state index contributed by atoms with van der Waals surface area (Å²) in [6, 6.07) is 11.3. The molecule has 0 radical (unpaired) electrons. The molecule has 0 bridgehead atoms. The molecule has 5 heteroatoms. The highest BCUT2D eigenvalue weighted by Gasteiger charge is 2.29. The number of carbonyl (C=O) groups excluding carboxylic acids is 1. The highest BCUT2D eigenvalue weighted by molar-refractivity contribution is 5.93. The van der Waals surface area contributed by atoms with E-state index in [1.165, 1.54) is 6.26 Å². The highest BCUT2D eigenvalue weighted by Crippen LogP contribution is 2.20. The Labute approximate surface area is 135 Å². The van der Waals surface area contributed by atoms with E-state index in [0.29, 0.717) is 25.5 Å². The first-order valence-corrected chi connectivity index (χ1v) is 7.82. The van der Waals surface area contributed by atoms with Gasteiger partial charge in [-0.15, -0.1) is 0 Å². The number of hydrogen-bond donors (Lipinski definition) is 0. The number of morpholine rings is 1. The fourth-order valence-corrected chi connectivity index (χ4v) is 2.80. The first-order valence-electron chi connectivity index (χ1n) is 7.82. The molecule has 3 rings (SSSR count). The van der Waals surface area contributed by atoms with Crippen LogP contribution in [0.15, 0.2) is 47.1 Å². The molecular weight excluding hydrogens is 294 g/mol. The van der Waals surface area contributed by atoms with Crippen LogP contribution in [0.25, 0.3) is 0 Å². The average Bonchev–Trinajstić information content (AvgIpc) is 3.00. The van der Waals surface area contributed by atoms with Crippen molar-refractivity contribution in [2.24, 2.45) is 0 Å². The van der Waals surface area contributed by atoms with Crippen LogP contribution in [0.4, 0.5) is 0 Å². The summed E-state index contributed by atoms with van der Waals surface area (Å²) >= 11 is 0. The molecule has 1 amide bonds. The van der Waals surface area contributed by atoms with Crippen LogP contribution >= 0.6 is 0 Å². The van der Waals surface area contributed by atoms with Crippen LogP contribution in [0.3, 0.4) is 0 Å². The van der Waals surface area contributed by atoms with Crippen molar-refractivity contribution >= 4 is 5.91 Å². The number of para-hydroxylation sites is 1. The summed E-state index contributed by atoms with van der Waals surface area (Å²) in [7, 11) is 0. The number of carbonyl (C=O) groups is 1. The topological polar surface area (TPSA) is 51.9 Å². The van der Waals surface area contributed by atoms with Crippen LogP contribution in [-0.2, 0) is 11.3 Å². The lowest BCUT2D eigenvalue weighted by atomic mass is 10.2. The van der Waals surface area contributed by atoms with Gasteiger partial charge in [-0.05, 0) is 32.0 Å². The molecule has 0 aliphatic carbocycles. The molecule has 122 valence electrons. The average molecular weight is 315 g/mol. The lowest BCUT2D eigenvalue weighted by Crippen LogP contribution is -2.48. The maximum absolute atomic E-state index is 12.7. The summed E-state index contributed by atoms with van der Waals surface area (Å²) in [5.41, 5.74) is 0.755. The zero-order chi connectivity index (χ0) is 16.2. The van der Waals surface area contributed by atoms with E-state index in [-0.39, 0.29) is 18.1 Å². The number of amides is 1. The summed E-state index contributed by atoms with van der Waals surface area (Å²) < 4.78 is 16.8. The Kier molecular flexibility index (Phi) is 4.67. The van der Waals surface area contributed by atoms with E-state index in [1.807, 2.05) is 44.2 Å². The van der Waals surface area contributed by atoms with E-state index in [0.717, 1.165) is 11.3 Å². The number of ether oxygens (including phenoxy) is 2. The molecule has 0 N–H and O–H groups in total. The normalized spacial score (nSPS) is 21.2. The molecule has 0 saturated carbocycles. The molecule has 1 saturated heterocycles. The van der Waals surface area contributed by atoms with E-state index < -0.39 is 0 Å². The Bertz CT molecular complexity index is 642. The third kappa shape index (κ3) is 3.74. The second kappa shape index (κ2) is 6.87. The Morgan fingerprint density at radius 2 is 1.87 bits per heavy atom. The van der Waals surface area contributed by atoms with Crippen LogP contribution in [0.5, 0.6) is 5.75 Å². The second-order valence-electron chi connectivity index (χ2n) is 5.84. The number of furan rings is 1. The van der Waals surface area contributed by atoms with Crippen molar-refractivity contribution in [1.29, 1.82) is 0 Å². The van der Waals surface area contributed by atoms with Gasteiger partial charge in [-0.1, -0.05) is 18.2 Å². The van der Waals surface area contributed by atoms with E-state index in [9.17, 15) is 4.79 Å². The van der Waals surface area contributed by atoms with Crippen LogP contribution in [0.1, 0.15) is 30.0 Å². The van der Waals surface area contributed by atoms with Gasteiger partial charge in [0.2, 0.25) is 0 Å². The van der Waals surface area contributed by atoms with Gasteiger partial charge in [-0.3, -0.25) is 4.79 Å². The first-order chi connectivity index (χ1) is 11.1. The SMILES string of the molecule is CC1CN(C(=O)c2occc2COc2ccccc2)CC(C)O1. The summed E-state index contributed by atoms with van der Waals surface area (Å²) in [6.45, 7) is 5.39. The molecular formula is C18H21NO4. The predicted molar refractivity (Wildman–Crippen MR) is 85.4 cm³/mol. The molecule has 1 aliphatic rings. The van der Waals surface area contributed by atoms with Gasteiger partial charge in [0.1, 0.15) is 12.4 Å².